The Balaban J connectivity index is 1.74. The molecule has 4 aromatic rings. The largest absolute Gasteiger partial charge is 0.443 e. The lowest BCUT2D eigenvalue weighted by molar-refractivity contribution is -0.106. The highest BCUT2D eigenvalue weighted by atomic mass is 35.5. The number of para-hydroxylation sites is 1. The van der Waals surface area contributed by atoms with Gasteiger partial charge >= 0.3 is 0 Å². The summed E-state index contributed by atoms with van der Waals surface area (Å²) in [6, 6.07) is 9.84. The predicted octanol–water partition coefficient (Wildman–Crippen LogP) is 5.12. The number of hydrogen-bond donors (Lipinski definition) is 0. The Morgan fingerprint density at radius 1 is 1.07 bits per heavy atom. The number of benzene rings is 2. The van der Waals surface area contributed by atoms with Crippen molar-refractivity contribution in [2.45, 2.75) is 0 Å². The lowest BCUT2D eigenvalue weighted by Gasteiger charge is -2.18. The van der Waals surface area contributed by atoms with E-state index in [1.807, 2.05) is 0 Å². The summed E-state index contributed by atoms with van der Waals surface area (Å²) in [6.07, 6.45) is 3.07. The van der Waals surface area contributed by atoms with Gasteiger partial charge in [-0.2, -0.15) is 0 Å². The van der Waals surface area contributed by atoms with Crippen LogP contribution in [0.1, 0.15) is 0 Å². The van der Waals surface area contributed by atoms with Crippen molar-refractivity contribution in [3.63, 3.8) is 0 Å². The summed E-state index contributed by atoms with van der Waals surface area (Å²) in [6.45, 7) is 0. The zero-order valence-corrected chi connectivity index (χ0v) is 14.3. The van der Waals surface area contributed by atoms with Crippen molar-refractivity contribution in [1.29, 1.82) is 0 Å². The number of hydrogen-bond acceptors (Lipinski definition) is 4. The van der Waals surface area contributed by atoms with Crippen molar-refractivity contribution < 1.29 is 18.0 Å². The van der Waals surface area contributed by atoms with Crippen molar-refractivity contribution in [3.8, 4) is 11.1 Å². The molecule has 2 aromatic heterocycles. The highest BCUT2D eigenvalue weighted by Crippen LogP contribution is 2.33. The quantitative estimate of drug-likeness (QED) is 0.458. The molecule has 0 N–H and O–H groups in total. The molecule has 8 heteroatoms. The monoisotopic (exact) mass is 385 g/mol. The van der Waals surface area contributed by atoms with E-state index in [0.717, 1.165) is 17.0 Å². The molecule has 1 amide bonds. The van der Waals surface area contributed by atoms with Crippen molar-refractivity contribution in [3.05, 3.63) is 71.7 Å². The van der Waals surface area contributed by atoms with Crippen molar-refractivity contribution in [2.24, 2.45) is 0 Å². The first kappa shape index (κ1) is 17.1. The summed E-state index contributed by atoms with van der Waals surface area (Å²) >= 11 is 6.29. The van der Waals surface area contributed by atoms with Crippen LogP contribution in [0.4, 0.5) is 20.3 Å². The number of halogens is 3. The average Bonchev–Trinajstić information content (AvgIpc) is 3.12. The van der Waals surface area contributed by atoms with Gasteiger partial charge in [0.25, 0.3) is 0 Å². The number of amides is 1. The summed E-state index contributed by atoms with van der Waals surface area (Å²) in [5, 5.41) is 0.443. The number of rotatable bonds is 4. The number of aromatic nitrogens is 2. The number of anilines is 2. The molecule has 0 saturated heterocycles. The third kappa shape index (κ3) is 3.02. The molecule has 0 unspecified atom stereocenters. The van der Waals surface area contributed by atoms with Gasteiger partial charge in [-0.1, -0.05) is 17.7 Å². The fraction of sp³-hybridized carbons (Fsp3) is 0. The summed E-state index contributed by atoms with van der Waals surface area (Å²) < 4.78 is 33.2. The van der Waals surface area contributed by atoms with Gasteiger partial charge < -0.3 is 4.42 Å². The van der Waals surface area contributed by atoms with Crippen LogP contribution < -0.4 is 4.90 Å². The van der Waals surface area contributed by atoms with Crippen LogP contribution in [0.3, 0.4) is 0 Å². The van der Waals surface area contributed by atoms with Gasteiger partial charge in [0.2, 0.25) is 6.41 Å². The number of fused-ring (bicyclic) bond motifs is 1. The van der Waals surface area contributed by atoms with Crippen LogP contribution in [0.25, 0.3) is 22.2 Å². The van der Waals surface area contributed by atoms with Gasteiger partial charge in [-0.15, -0.1) is 0 Å². The Morgan fingerprint density at radius 2 is 1.85 bits per heavy atom. The molecule has 4 rings (SSSR count). The molecule has 0 saturated carbocycles. The second kappa shape index (κ2) is 6.77. The molecule has 2 heterocycles. The maximum Gasteiger partial charge on any atom is 0.220 e. The maximum atomic E-state index is 14.0. The number of carbonyl (C=O) groups excluding carboxylic acids is 1. The van der Waals surface area contributed by atoms with Crippen LogP contribution in [0.5, 0.6) is 0 Å². The molecule has 0 atom stereocenters. The molecule has 0 fully saturated rings. The molecule has 0 aliphatic rings. The Labute approximate surface area is 156 Å². The number of oxazole rings is 1. The van der Waals surface area contributed by atoms with Gasteiger partial charge in [0.15, 0.2) is 12.0 Å². The first-order chi connectivity index (χ1) is 13.1. The van der Waals surface area contributed by atoms with Crippen molar-refractivity contribution in [1.82, 2.24) is 9.97 Å². The normalized spacial score (nSPS) is 10.9. The Kier molecular flexibility index (Phi) is 4.29. The molecule has 0 aliphatic carbocycles. The zero-order valence-electron chi connectivity index (χ0n) is 13.6. The standard InChI is InChI=1S/C19H10ClF2N3O2/c20-13-7-16-17(27-9-24-16)6-12(13)11-4-5-18(23-8-11)25(10-26)19-14(21)2-1-3-15(19)22/h1-10H. The van der Waals surface area contributed by atoms with E-state index in [4.69, 9.17) is 16.0 Å². The fourth-order valence-electron chi connectivity index (χ4n) is 2.73. The highest BCUT2D eigenvalue weighted by molar-refractivity contribution is 6.34. The van der Waals surface area contributed by atoms with Gasteiger partial charge in [-0.05, 0) is 36.4 Å². The minimum absolute atomic E-state index is 0.0645. The molecule has 0 radical (unpaired) electrons. The first-order valence-corrected chi connectivity index (χ1v) is 8.14. The van der Waals surface area contributed by atoms with E-state index in [-0.39, 0.29) is 5.82 Å². The maximum absolute atomic E-state index is 14.0. The van der Waals surface area contributed by atoms with E-state index in [1.165, 1.54) is 24.7 Å². The van der Waals surface area contributed by atoms with Gasteiger partial charge in [0.1, 0.15) is 28.7 Å². The fourth-order valence-corrected chi connectivity index (χ4v) is 2.99. The SMILES string of the molecule is O=CN(c1ccc(-c2cc3ocnc3cc2Cl)cn1)c1c(F)cccc1F. The van der Waals surface area contributed by atoms with Crippen molar-refractivity contribution >= 4 is 40.6 Å². The summed E-state index contributed by atoms with van der Waals surface area (Å²) in [5.41, 5.74) is 1.97. The summed E-state index contributed by atoms with van der Waals surface area (Å²) in [4.78, 5) is 20.4. The van der Waals surface area contributed by atoms with E-state index >= 15 is 0 Å². The Morgan fingerprint density at radius 3 is 2.52 bits per heavy atom. The molecule has 0 spiro atoms. The van der Waals surface area contributed by atoms with E-state index in [0.29, 0.717) is 33.7 Å². The second-order valence-electron chi connectivity index (χ2n) is 5.60. The van der Waals surface area contributed by atoms with E-state index in [9.17, 15) is 13.6 Å². The smallest absolute Gasteiger partial charge is 0.220 e. The lowest BCUT2D eigenvalue weighted by atomic mass is 10.1. The second-order valence-corrected chi connectivity index (χ2v) is 6.01. The zero-order chi connectivity index (χ0) is 19.0. The molecule has 134 valence electrons. The van der Waals surface area contributed by atoms with Crippen LogP contribution in [0, 0.1) is 11.6 Å². The Bertz CT molecular complexity index is 1130. The third-order valence-corrected chi connectivity index (χ3v) is 4.32. The third-order valence-electron chi connectivity index (χ3n) is 4.01. The van der Waals surface area contributed by atoms with Gasteiger partial charge in [-0.25, -0.2) is 18.7 Å². The Hall–Kier alpha value is -3.32. The van der Waals surface area contributed by atoms with Crippen LogP contribution >= 0.6 is 11.6 Å². The average molecular weight is 386 g/mol. The number of nitrogens with zero attached hydrogens (tertiary/aromatic N) is 3. The molecular weight excluding hydrogens is 376 g/mol. The highest BCUT2D eigenvalue weighted by Gasteiger charge is 2.19. The van der Waals surface area contributed by atoms with Crippen molar-refractivity contribution in [2.75, 3.05) is 4.90 Å². The topological polar surface area (TPSA) is 59.2 Å². The molecule has 0 aliphatic heterocycles. The van der Waals surface area contributed by atoms with Crippen LogP contribution in [0.15, 0.2) is 59.5 Å². The molecule has 0 bridgehead atoms. The van der Waals surface area contributed by atoms with E-state index in [2.05, 4.69) is 9.97 Å². The minimum atomic E-state index is -0.869. The number of pyridine rings is 1. The van der Waals surface area contributed by atoms with Gasteiger partial charge in [-0.3, -0.25) is 9.69 Å². The summed E-state index contributed by atoms with van der Waals surface area (Å²) in [5.74, 6) is -1.67. The van der Waals surface area contributed by atoms with Crippen LogP contribution in [-0.4, -0.2) is 16.4 Å². The predicted molar refractivity (Wildman–Crippen MR) is 96.8 cm³/mol. The molecule has 27 heavy (non-hydrogen) atoms. The van der Waals surface area contributed by atoms with Crippen LogP contribution in [-0.2, 0) is 4.79 Å². The minimum Gasteiger partial charge on any atom is -0.443 e. The molecule has 2 aromatic carbocycles. The molecule has 5 nitrogen and oxygen atoms in total. The number of carbonyl (C=O) groups is 1. The van der Waals surface area contributed by atoms with Gasteiger partial charge in [0, 0.05) is 17.3 Å². The summed E-state index contributed by atoms with van der Waals surface area (Å²) in [7, 11) is 0. The first-order valence-electron chi connectivity index (χ1n) is 7.76. The van der Waals surface area contributed by atoms with Gasteiger partial charge in [0.05, 0.1) is 5.02 Å². The molecular formula is C19H10ClF2N3O2. The van der Waals surface area contributed by atoms with E-state index in [1.54, 1.807) is 18.2 Å². The lowest BCUT2D eigenvalue weighted by Crippen LogP contribution is -2.18. The van der Waals surface area contributed by atoms with E-state index < -0.39 is 17.3 Å². The van der Waals surface area contributed by atoms with Crippen LogP contribution in [0.2, 0.25) is 5.02 Å².